The minimum atomic E-state index is -3.34. The Morgan fingerprint density at radius 3 is 2.61 bits per heavy atom. The van der Waals surface area contributed by atoms with Crippen molar-refractivity contribution < 1.29 is 17.9 Å². The van der Waals surface area contributed by atoms with Crippen molar-refractivity contribution in [1.82, 2.24) is 14.7 Å². The Labute approximate surface area is 217 Å². The molecule has 1 saturated carbocycles. The lowest BCUT2D eigenvalue weighted by Crippen LogP contribution is -2.48. The van der Waals surface area contributed by atoms with Crippen LogP contribution in [0.2, 0.25) is 5.02 Å². The number of fused-ring (bicyclic) bond motifs is 1. The molecule has 1 fully saturated rings. The molecule has 196 valence electrons. The molecule has 10 nitrogen and oxygen atoms in total. The average Bonchev–Trinajstić information content (AvgIpc) is 2.99. The lowest BCUT2D eigenvalue weighted by molar-refractivity contribution is -0.118. The molecule has 4 rings (SSSR count). The van der Waals surface area contributed by atoms with E-state index in [2.05, 4.69) is 25.3 Å². The third kappa shape index (κ3) is 6.01. The number of ether oxygens (including phenoxy) is 1. The van der Waals surface area contributed by atoms with E-state index < -0.39 is 10.0 Å². The highest BCUT2D eigenvalue weighted by Gasteiger charge is 2.29. The molecule has 3 N–H and O–H groups in total. The van der Waals surface area contributed by atoms with Gasteiger partial charge in [0.2, 0.25) is 21.9 Å². The number of benzene rings is 1. The maximum Gasteiger partial charge on any atom is 0.229 e. The van der Waals surface area contributed by atoms with Gasteiger partial charge in [-0.05, 0) is 44.7 Å². The van der Waals surface area contributed by atoms with E-state index in [9.17, 15) is 13.2 Å². The number of methoxy groups -OCH3 is 1. The average molecular weight is 537 g/mol. The van der Waals surface area contributed by atoms with Crippen molar-refractivity contribution in [2.24, 2.45) is 0 Å². The lowest BCUT2D eigenvalue weighted by Gasteiger charge is -2.32. The number of nitrogens with one attached hydrogen (secondary N) is 3. The smallest absolute Gasteiger partial charge is 0.229 e. The van der Waals surface area contributed by atoms with E-state index in [0.717, 1.165) is 49.8 Å². The van der Waals surface area contributed by atoms with Crippen molar-refractivity contribution in [1.29, 1.82) is 0 Å². The summed E-state index contributed by atoms with van der Waals surface area (Å²) in [5.41, 5.74) is 2.52. The Bertz CT molecular complexity index is 1230. The molecule has 1 aromatic carbocycles. The molecular formula is C24H33ClN6O4S. The summed E-state index contributed by atoms with van der Waals surface area (Å²) < 4.78 is 32.2. The topological polar surface area (TPSA) is 126 Å². The van der Waals surface area contributed by atoms with Crippen molar-refractivity contribution in [2.75, 3.05) is 35.4 Å². The predicted molar refractivity (Wildman–Crippen MR) is 142 cm³/mol. The van der Waals surface area contributed by atoms with Crippen LogP contribution >= 0.6 is 11.6 Å². The molecule has 12 heteroatoms. The van der Waals surface area contributed by atoms with Gasteiger partial charge >= 0.3 is 0 Å². The number of nitrogens with zero attached hydrogens (tertiary/aromatic N) is 3. The molecule has 1 aliphatic heterocycles. The number of hydrogen-bond donors (Lipinski definition) is 3. The van der Waals surface area contributed by atoms with Crippen LogP contribution < -0.4 is 25.0 Å². The Hall–Kier alpha value is -2.63. The van der Waals surface area contributed by atoms with Crippen LogP contribution in [-0.2, 0) is 21.2 Å². The molecule has 2 aromatic rings. The molecule has 0 radical (unpaired) electrons. The van der Waals surface area contributed by atoms with Gasteiger partial charge in [-0.1, -0.05) is 24.4 Å². The summed E-state index contributed by atoms with van der Waals surface area (Å²) in [4.78, 5) is 23.2. The fourth-order valence-electron chi connectivity index (χ4n) is 5.02. The minimum absolute atomic E-state index is 0.113. The van der Waals surface area contributed by atoms with E-state index in [0.29, 0.717) is 41.2 Å². The van der Waals surface area contributed by atoms with Gasteiger partial charge in [-0.3, -0.25) is 4.79 Å². The predicted octanol–water partition coefficient (Wildman–Crippen LogP) is 3.84. The van der Waals surface area contributed by atoms with Crippen molar-refractivity contribution in [3.05, 3.63) is 28.9 Å². The van der Waals surface area contributed by atoms with E-state index in [4.69, 9.17) is 16.3 Å². The molecule has 1 aromatic heterocycles. The van der Waals surface area contributed by atoms with E-state index in [1.807, 2.05) is 19.1 Å². The van der Waals surface area contributed by atoms with Crippen molar-refractivity contribution in [3.8, 4) is 5.75 Å². The van der Waals surface area contributed by atoms with Crippen LogP contribution in [0.25, 0.3) is 0 Å². The second-order valence-corrected chi connectivity index (χ2v) is 11.4. The second kappa shape index (κ2) is 11.2. The van der Waals surface area contributed by atoms with Crippen molar-refractivity contribution in [2.45, 2.75) is 64.0 Å². The summed E-state index contributed by atoms with van der Waals surface area (Å²) in [6.45, 7) is 2.55. The molecule has 0 unspecified atom stereocenters. The normalized spacial score (nSPS) is 20.4. The number of rotatable bonds is 8. The summed E-state index contributed by atoms with van der Waals surface area (Å²) in [6, 6.07) is 3.39. The van der Waals surface area contributed by atoms with Crippen LogP contribution in [0.4, 0.5) is 23.1 Å². The first-order chi connectivity index (χ1) is 17.2. The van der Waals surface area contributed by atoms with E-state index in [1.54, 1.807) is 12.0 Å². The summed E-state index contributed by atoms with van der Waals surface area (Å²) in [7, 11) is -1.73. The maximum atomic E-state index is 12.5. The Balaban J connectivity index is 1.60. The molecule has 2 atom stereocenters. The number of carbonyl (C=O) groups is 1. The quantitative estimate of drug-likeness (QED) is 0.464. The summed E-state index contributed by atoms with van der Waals surface area (Å²) in [6.07, 6.45) is 8.12. The number of sulfonamides is 1. The van der Waals surface area contributed by atoms with Gasteiger partial charge in [-0.25, -0.2) is 18.1 Å². The molecule has 1 aliphatic carbocycles. The number of carbonyl (C=O) groups excluding carboxylic acids is 1. The van der Waals surface area contributed by atoms with Crippen LogP contribution in [0, 0.1) is 0 Å². The fourth-order valence-corrected chi connectivity index (χ4v) is 6.00. The summed E-state index contributed by atoms with van der Waals surface area (Å²) in [5.74, 6) is 1.51. The van der Waals surface area contributed by atoms with Crippen molar-refractivity contribution in [3.63, 3.8) is 0 Å². The third-order valence-electron chi connectivity index (χ3n) is 6.61. The number of anilines is 4. The van der Waals surface area contributed by atoms with Gasteiger partial charge in [0.1, 0.15) is 10.8 Å². The van der Waals surface area contributed by atoms with Gasteiger partial charge in [0.15, 0.2) is 5.82 Å². The van der Waals surface area contributed by atoms with Gasteiger partial charge < -0.3 is 20.3 Å². The molecule has 0 bridgehead atoms. The van der Waals surface area contributed by atoms with Crippen LogP contribution in [0.3, 0.4) is 0 Å². The Kier molecular flexibility index (Phi) is 8.21. The first-order valence-corrected chi connectivity index (χ1v) is 14.5. The summed E-state index contributed by atoms with van der Waals surface area (Å²) >= 11 is 6.40. The van der Waals surface area contributed by atoms with E-state index in [-0.39, 0.29) is 18.0 Å². The SMILES string of the molecule is CCN1C(=O)CCCc2c1ccc(Nc1ncc(Cl)c(N[C@@H]3CCCC[C@H]3NS(C)(=O)=O)n1)c2OC. The standard InChI is InChI=1S/C24H33ClN6O4S/c1-4-31-20-13-12-19(22(35-2)15(20)8-7-11-21(31)32)28-24-26-14-16(25)23(29-24)27-17-9-5-6-10-18(17)30-36(3,33)34/h12-14,17-18,30H,4-11H2,1-3H3,(H2,26,27,28,29)/t17-,18-/m1/s1. The number of halogens is 1. The molecule has 2 aliphatic rings. The lowest BCUT2D eigenvalue weighted by atomic mass is 9.91. The van der Waals surface area contributed by atoms with Gasteiger partial charge in [0.25, 0.3) is 0 Å². The molecular weight excluding hydrogens is 504 g/mol. The number of hydrogen-bond acceptors (Lipinski definition) is 8. The summed E-state index contributed by atoms with van der Waals surface area (Å²) in [5, 5.41) is 6.90. The highest BCUT2D eigenvalue weighted by Crippen LogP contribution is 2.40. The third-order valence-corrected chi connectivity index (χ3v) is 7.62. The van der Waals surface area contributed by atoms with Gasteiger partial charge in [0, 0.05) is 30.6 Å². The van der Waals surface area contributed by atoms with E-state index >= 15 is 0 Å². The highest BCUT2D eigenvalue weighted by molar-refractivity contribution is 7.88. The van der Waals surface area contributed by atoms with Crippen LogP contribution in [0.1, 0.15) is 51.0 Å². The first-order valence-electron chi connectivity index (χ1n) is 12.2. The van der Waals surface area contributed by atoms with Crippen LogP contribution in [0.5, 0.6) is 5.75 Å². The zero-order valence-electron chi connectivity index (χ0n) is 20.8. The molecule has 2 heterocycles. The van der Waals surface area contributed by atoms with Gasteiger partial charge in [0.05, 0.1) is 30.9 Å². The number of amides is 1. The monoisotopic (exact) mass is 536 g/mol. The second-order valence-electron chi connectivity index (χ2n) is 9.18. The van der Waals surface area contributed by atoms with Crippen LogP contribution in [-0.4, -0.2) is 56.3 Å². The molecule has 1 amide bonds. The minimum Gasteiger partial charge on any atom is -0.494 e. The van der Waals surface area contributed by atoms with Crippen molar-refractivity contribution >= 4 is 50.7 Å². The van der Waals surface area contributed by atoms with Crippen LogP contribution in [0.15, 0.2) is 18.3 Å². The highest BCUT2D eigenvalue weighted by atomic mass is 35.5. The van der Waals surface area contributed by atoms with E-state index in [1.165, 1.54) is 12.5 Å². The largest absolute Gasteiger partial charge is 0.494 e. The number of aromatic nitrogens is 2. The van der Waals surface area contributed by atoms with Gasteiger partial charge in [-0.2, -0.15) is 4.98 Å². The zero-order chi connectivity index (χ0) is 25.9. The molecule has 36 heavy (non-hydrogen) atoms. The zero-order valence-corrected chi connectivity index (χ0v) is 22.4. The molecule has 0 saturated heterocycles. The maximum absolute atomic E-state index is 12.5. The van der Waals surface area contributed by atoms with Gasteiger partial charge in [-0.15, -0.1) is 0 Å². The molecule has 0 spiro atoms. The Morgan fingerprint density at radius 1 is 1.17 bits per heavy atom. The fraction of sp³-hybridized carbons (Fsp3) is 0.542. The first kappa shape index (κ1) is 26.4. The Morgan fingerprint density at radius 2 is 1.92 bits per heavy atom.